The summed E-state index contributed by atoms with van der Waals surface area (Å²) < 4.78 is 5.34. The number of nitrogens with zero attached hydrogens (tertiary/aromatic N) is 2. The first-order valence-corrected chi connectivity index (χ1v) is 36.3. The van der Waals surface area contributed by atoms with Crippen molar-refractivity contribution in [2.24, 2.45) is 0 Å². The number of aromatic nitrogens is 2. The van der Waals surface area contributed by atoms with Gasteiger partial charge in [-0.1, -0.05) is 201 Å². The number of fused-ring (bicyclic) bond motifs is 6. The van der Waals surface area contributed by atoms with Gasteiger partial charge >= 0.3 is 0 Å². The Morgan fingerprint density at radius 2 is 0.606 bits per heavy atom. The molecule has 15 rings (SSSR count). The van der Waals surface area contributed by atoms with E-state index >= 15 is 0 Å². The van der Waals surface area contributed by atoms with Gasteiger partial charge in [-0.05, 0) is 136 Å². The molecule has 0 aliphatic rings. The minimum absolute atomic E-state index is 1.15. The number of hydrogen-bond donors (Lipinski definition) is 0. The highest BCUT2D eigenvalue weighted by molar-refractivity contribution is 8.34. The van der Waals surface area contributed by atoms with Crippen molar-refractivity contribution in [1.29, 1.82) is 0 Å². The Balaban J connectivity index is 1.10. The van der Waals surface area contributed by atoms with Crippen LogP contribution in [0.3, 0.4) is 0 Å². The molecule has 94 heavy (non-hydrogen) atoms. The summed E-state index contributed by atoms with van der Waals surface area (Å²) in [6.45, 7) is 0. The zero-order valence-electron chi connectivity index (χ0n) is 56.1. The maximum Gasteiger partial charge on any atom is 0.143 e. The van der Waals surface area contributed by atoms with Crippen molar-refractivity contribution < 1.29 is 0 Å². The molecular formula is C78H68B12N2S2. The quantitative estimate of drug-likeness (QED) is 0.162. The van der Waals surface area contributed by atoms with Crippen LogP contribution >= 0.6 is 20.1 Å². The van der Waals surface area contributed by atoms with E-state index in [2.05, 4.69) is 370 Å². The highest BCUT2D eigenvalue weighted by atomic mass is 32.3. The Morgan fingerprint density at radius 3 is 1.09 bits per heavy atom. The first kappa shape index (κ1) is 61.1. The van der Waals surface area contributed by atoms with Crippen LogP contribution in [0.1, 0.15) is 0 Å². The molecule has 0 spiro atoms. The third-order valence-electron chi connectivity index (χ3n) is 21.4. The largest absolute Gasteiger partial charge is 0.310 e. The molecule has 15 aromatic rings. The Labute approximate surface area is 568 Å². The molecule has 0 N–H and O–H groups in total. The Bertz CT molecular complexity index is 5280. The van der Waals surface area contributed by atoms with E-state index in [1.165, 1.54) is 165 Å². The van der Waals surface area contributed by atoms with E-state index in [0.29, 0.717) is 0 Å². The summed E-state index contributed by atoms with van der Waals surface area (Å²) in [7, 11) is 24.1. The van der Waals surface area contributed by atoms with E-state index in [1.54, 1.807) is 0 Å². The summed E-state index contributed by atoms with van der Waals surface area (Å²) in [5.41, 5.74) is 28.0. The van der Waals surface area contributed by atoms with Gasteiger partial charge in [-0.3, -0.25) is 0 Å². The van der Waals surface area contributed by atoms with Crippen molar-refractivity contribution in [2.75, 3.05) is 0 Å². The second kappa shape index (κ2) is 24.1. The summed E-state index contributed by atoms with van der Waals surface area (Å²) in [5.74, 6) is 0. The fourth-order valence-corrected chi connectivity index (χ4v) is 24.3. The highest BCUT2D eigenvalue weighted by Gasteiger charge is 2.39. The second-order valence-corrected chi connectivity index (χ2v) is 32.0. The second-order valence-electron chi connectivity index (χ2n) is 25.9. The molecule has 0 radical (unpaired) electrons. The lowest BCUT2D eigenvalue weighted by Gasteiger charge is -2.45. The standard InChI is InChI=1S/C78H68B12N2S2/c79-63-60(64(80)68(84)70(86)67(63)83)57-44-53(93(47-26-10-2-11-27-47,48-28-12-3-13-29-48)49-30-14-4-15-31-49)43-55(45-24-8-1-9-25-45)75(57)92-58-39-23-22-38-54(58)56-42-46(40-41-59(56)92)91-76-61(65(81)69(85)71(87)72(76)88)62-66(82)73(89)78(74(90)77(62)91)94(50-32-16-5-17-33-50,51-34-18-6-19-35-51)52-36-20-7-21-37-52/h1-44H,79-90H2. The van der Waals surface area contributed by atoms with Gasteiger partial charge in [0.25, 0.3) is 0 Å². The lowest BCUT2D eigenvalue weighted by Crippen LogP contribution is -2.55. The molecule has 0 saturated heterocycles. The van der Waals surface area contributed by atoms with E-state index in [1.807, 2.05) is 0 Å². The molecule has 2 heterocycles. The lowest BCUT2D eigenvalue weighted by atomic mass is 9.59. The van der Waals surface area contributed by atoms with Crippen LogP contribution in [0.25, 0.3) is 77.2 Å². The van der Waals surface area contributed by atoms with Crippen molar-refractivity contribution in [1.82, 2.24) is 9.13 Å². The van der Waals surface area contributed by atoms with Gasteiger partial charge in [-0.25, -0.2) is 0 Å². The van der Waals surface area contributed by atoms with Crippen LogP contribution in [0.4, 0.5) is 0 Å². The molecule has 438 valence electrons. The number of para-hydroxylation sites is 1. The van der Waals surface area contributed by atoms with E-state index in [-0.39, 0.29) is 0 Å². The normalized spacial score (nSPS) is 12.3. The van der Waals surface area contributed by atoms with E-state index in [4.69, 9.17) is 0 Å². The molecule has 0 fully saturated rings. The van der Waals surface area contributed by atoms with Crippen LogP contribution in [-0.4, -0.2) is 103 Å². The molecule has 2 aromatic heterocycles. The smallest absolute Gasteiger partial charge is 0.143 e. The van der Waals surface area contributed by atoms with Gasteiger partial charge in [-0.15, -0.1) is 41.9 Å². The van der Waals surface area contributed by atoms with Crippen LogP contribution in [0.5, 0.6) is 0 Å². The van der Waals surface area contributed by atoms with Crippen LogP contribution in [-0.2, 0) is 0 Å². The third kappa shape index (κ3) is 9.13. The maximum atomic E-state index is 2.70. The van der Waals surface area contributed by atoms with Crippen molar-refractivity contribution in [3.63, 3.8) is 0 Å². The summed E-state index contributed by atoms with van der Waals surface area (Å²) in [4.78, 5) is 10.5. The van der Waals surface area contributed by atoms with Crippen LogP contribution in [0, 0.1) is 0 Å². The first-order valence-electron chi connectivity index (χ1n) is 33.1. The van der Waals surface area contributed by atoms with Gasteiger partial charge < -0.3 is 9.13 Å². The first-order chi connectivity index (χ1) is 45.7. The molecule has 0 amide bonds. The molecule has 0 aliphatic carbocycles. The van der Waals surface area contributed by atoms with Gasteiger partial charge in [0.2, 0.25) is 0 Å². The van der Waals surface area contributed by atoms with Gasteiger partial charge in [0, 0.05) is 72.9 Å². The Hall–Kier alpha value is -9.06. The van der Waals surface area contributed by atoms with Gasteiger partial charge in [-0.2, -0.15) is 0 Å². The number of benzene rings is 13. The van der Waals surface area contributed by atoms with E-state index < -0.39 is 20.1 Å². The molecule has 0 atom stereocenters. The van der Waals surface area contributed by atoms with Gasteiger partial charge in [0.15, 0.2) is 0 Å². The molecule has 0 unspecified atom stereocenters. The fourth-order valence-electron chi connectivity index (χ4n) is 16.0. The fraction of sp³-hybridized carbons (Fsp3) is 0. The van der Waals surface area contributed by atoms with Crippen LogP contribution in [0.15, 0.2) is 306 Å². The van der Waals surface area contributed by atoms with Gasteiger partial charge in [0.05, 0.1) is 16.7 Å². The number of hydrogen-bond acceptors (Lipinski definition) is 0. The lowest BCUT2D eigenvalue weighted by molar-refractivity contribution is 1.16. The molecule has 2 nitrogen and oxygen atoms in total. The topological polar surface area (TPSA) is 9.86 Å². The molecular weight excluding hydrogens is 1160 g/mol. The minimum atomic E-state index is -2.16. The van der Waals surface area contributed by atoms with Crippen LogP contribution in [0.2, 0.25) is 0 Å². The molecule has 0 bridgehead atoms. The monoisotopic (exact) mass is 1230 g/mol. The predicted octanol–water partition coefficient (Wildman–Crippen LogP) is 0.997. The van der Waals surface area contributed by atoms with E-state index in [9.17, 15) is 0 Å². The molecule has 0 aliphatic heterocycles. The maximum absolute atomic E-state index is 2.70. The zero-order chi connectivity index (χ0) is 64.9. The van der Waals surface area contributed by atoms with Crippen molar-refractivity contribution in [2.45, 2.75) is 39.2 Å². The average Bonchev–Trinajstić information content (AvgIpc) is 1.46. The summed E-state index contributed by atoms with van der Waals surface area (Å²) in [6, 6.07) is 101. The minimum Gasteiger partial charge on any atom is -0.310 e. The van der Waals surface area contributed by atoms with Crippen molar-refractivity contribution >= 4 is 223 Å². The van der Waals surface area contributed by atoms with Crippen molar-refractivity contribution in [3.05, 3.63) is 267 Å². The highest BCUT2D eigenvalue weighted by Crippen LogP contribution is 2.75. The zero-order valence-corrected chi connectivity index (χ0v) is 57.7. The van der Waals surface area contributed by atoms with Gasteiger partial charge in [0.1, 0.15) is 94.2 Å². The molecule has 0 saturated carbocycles. The van der Waals surface area contributed by atoms with E-state index in [0.717, 1.165) is 16.7 Å². The molecule has 16 heteroatoms. The van der Waals surface area contributed by atoms with Crippen molar-refractivity contribution in [3.8, 4) is 33.6 Å². The summed E-state index contributed by atoms with van der Waals surface area (Å²) >= 11 is 0. The Morgan fingerprint density at radius 1 is 0.245 bits per heavy atom. The third-order valence-corrected chi connectivity index (χ3v) is 29.4. The SMILES string of the molecule is Bc1c(B)c(B)c(-c2cc(S(c3ccccc3)(c3ccccc3)c3ccccc3)cc(-c3ccccc3)c2-n2c3ccccc3c3cc(-n4c5c(B)c(B)c(B)c(B)c5c5c(B)c(B)c(S(c6ccccc6)(c6ccccc6)c6ccccc6)c(B)c54)ccc32)c(B)c1B. The summed E-state index contributed by atoms with van der Waals surface area (Å²) in [6.07, 6.45) is 0. The Kier molecular flexibility index (Phi) is 15.6. The number of rotatable bonds is 12. The summed E-state index contributed by atoms with van der Waals surface area (Å²) in [5, 5.41) is 5.10. The molecule has 13 aromatic carbocycles. The average molecular weight is 1230 g/mol. The predicted molar refractivity (Wildman–Crippen MR) is 444 cm³/mol. The van der Waals surface area contributed by atoms with Crippen LogP contribution < -0.4 is 65.6 Å².